The van der Waals surface area contributed by atoms with Gasteiger partial charge in [-0.2, -0.15) is 48.6 Å². The third-order valence-corrected chi connectivity index (χ3v) is 11.9. The van der Waals surface area contributed by atoms with Gasteiger partial charge in [-0.15, -0.1) is 0 Å². The Labute approximate surface area is 331 Å². The van der Waals surface area contributed by atoms with Gasteiger partial charge in [0.1, 0.15) is 19.6 Å². The van der Waals surface area contributed by atoms with Crippen LogP contribution in [0.4, 0.5) is 28.7 Å². The van der Waals surface area contributed by atoms with Crippen molar-refractivity contribution in [2.75, 3.05) is 16.4 Å². The van der Waals surface area contributed by atoms with Crippen LogP contribution >= 0.6 is 23.2 Å². The number of fused-ring (bicyclic) bond motifs is 2. The van der Waals surface area contributed by atoms with E-state index in [1.54, 1.807) is 0 Å². The Balaban J connectivity index is 1.44. The van der Waals surface area contributed by atoms with Crippen molar-refractivity contribution in [1.82, 2.24) is 15.0 Å². The van der Waals surface area contributed by atoms with E-state index in [0.29, 0.717) is 6.07 Å². The molecule has 0 amide bonds. The Morgan fingerprint density at radius 3 is 1.54 bits per heavy atom. The smallest absolute Gasteiger partial charge is 0.296 e. The van der Waals surface area contributed by atoms with E-state index in [-0.39, 0.29) is 39.0 Å². The number of benzene rings is 4. The van der Waals surface area contributed by atoms with Crippen molar-refractivity contribution in [1.29, 1.82) is 0 Å². The van der Waals surface area contributed by atoms with Gasteiger partial charge < -0.3 is 16.4 Å². The number of nitrogen functional groups attached to an aromatic ring is 1. The van der Waals surface area contributed by atoms with Gasteiger partial charge in [-0.1, -0.05) is 36.4 Å². The zero-order valence-electron chi connectivity index (χ0n) is 27.6. The monoisotopic (exact) mass is 898 g/mol. The number of nitrogens with two attached hydrogens (primary N) is 1. The van der Waals surface area contributed by atoms with E-state index < -0.39 is 105 Å². The molecule has 0 bridgehead atoms. The summed E-state index contributed by atoms with van der Waals surface area (Å²) >= 11 is 11.5. The first-order valence-electron chi connectivity index (χ1n) is 15.0. The molecule has 0 aliphatic heterocycles. The number of nitrogens with one attached hydrogen (secondary N) is 2. The Bertz CT molecular complexity index is 3090. The molecule has 1 aromatic heterocycles. The van der Waals surface area contributed by atoms with Crippen LogP contribution in [-0.2, 0) is 40.5 Å². The van der Waals surface area contributed by atoms with Crippen molar-refractivity contribution < 1.29 is 61.5 Å². The zero-order valence-corrected chi connectivity index (χ0v) is 32.4. The Kier molecular flexibility index (Phi) is 10.5. The fraction of sp³-hybridized carbons (Fsp3) is 0. The van der Waals surface area contributed by atoms with E-state index in [1.165, 1.54) is 12.1 Å². The molecule has 0 atom stereocenters. The van der Waals surface area contributed by atoms with Crippen LogP contribution in [-0.4, -0.2) is 78.4 Å². The molecule has 6 rings (SSSR count). The van der Waals surface area contributed by atoms with Gasteiger partial charge in [0.05, 0.1) is 28.1 Å². The molecule has 57 heavy (non-hydrogen) atoms. The number of halogens is 2. The lowest BCUT2D eigenvalue weighted by Crippen LogP contribution is -2.27. The quantitative estimate of drug-likeness (QED) is 0.0576. The van der Waals surface area contributed by atoms with Crippen LogP contribution in [0.5, 0.6) is 0 Å². The molecule has 0 saturated heterocycles. The van der Waals surface area contributed by atoms with Crippen molar-refractivity contribution in [3.8, 4) is 0 Å². The second kappa shape index (κ2) is 14.5. The van der Waals surface area contributed by atoms with Gasteiger partial charge in [0.2, 0.25) is 16.5 Å². The van der Waals surface area contributed by atoms with Crippen molar-refractivity contribution in [2.24, 2.45) is 0 Å². The standard InChI is InChI=1S/C31H20Cl2N6O14S4/c32-29-37-30(33)39-31(38-29)36-16-9-7-14(21(11-16)56(48,49)50)5-4-13-6-8-15(10-20(13)55(45,46)47)35-18-12-22(57(51,52)53)26(34)25-24(18)28(41)23-17(27(25)40)2-1-3-19(23)54(42,43)44/h1-12,35H,34H2,(H,42,43,44)(H,45,46,47)(H,48,49,50)(H,51,52,53)(H,36,37,38,39). The molecular formula is C31H20Cl2N6O14S4. The summed E-state index contributed by atoms with van der Waals surface area (Å²) in [7, 11) is -20.5. The summed E-state index contributed by atoms with van der Waals surface area (Å²) in [5.74, 6) is -2.62. The normalized spacial score (nSPS) is 13.4. The maximum atomic E-state index is 13.9. The maximum Gasteiger partial charge on any atom is 0.296 e. The molecule has 0 fully saturated rings. The molecule has 0 saturated carbocycles. The zero-order chi connectivity index (χ0) is 42.0. The third kappa shape index (κ3) is 8.35. The fourth-order valence-electron chi connectivity index (χ4n) is 5.68. The van der Waals surface area contributed by atoms with Crippen molar-refractivity contribution in [3.63, 3.8) is 0 Å². The van der Waals surface area contributed by atoms with E-state index >= 15 is 0 Å². The molecule has 1 aliphatic carbocycles. The predicted molar refractivity (Wildman–Crippen MR) is 202 cm³/mol. The molecule has 20 nitrogen and oxygen atoms in total. The van der Waals surface area contributed by atoms with Crippen LogP contribution in [0.1, 0.15) is 43.0 Å². The van der Waals surface area contributed by atoms with Gasteiger partial charge in [0.15, 0.2) is 11.6 Å². The number of hydrogen-bond donors (Lipinski definition) is 7. The van der Waals surface area contributed by atoms with Gasteiger partial charge >= 0.3 is 0 Å². The number of carbonyl (C=O) groups excluding carboxylic acids is 2. The van der Waals surface area contributed by atoms with E-state index in [0.717, 1.165) is 54.6 Å². The number of aromatic nitrogens is 3. The lowest BCUT2D eigenvalue weighted by Gasteiger charge is -2.24. The van der Waals surface area contributed by atoms with Crippen LogP contribution in [0.15, 0.2) is 80.2 Å². The number of anilines is 5. The van der Waals surface area contributed by atoms with Crippen molar-refractivity contribution in [2.45, 2.75) is 19.6 Å². The summed E-state index contributed by atoms with van der Waals surface area (Å²) in [6.45, 7) is 0. The lowest BCUT2D eigenvalue weighted by atomic mass is 9.82. The maximum absolute atomic E-state index is 13.9. The molecule has 1 aliphatic rings. The van der Waals surface area contributed by atoms with E-state index in [9.17, 15) is 61.5 Å². The summed E-state index contributed by atoms with van der Waals surface area (Å²) in [5, 5.41) is 4.57. The number of hydrogen-bond acceptors (Lipinski definition) is 16. The Hall–Kier alpha value is -5.41. The highest BCUT2D eigenvalue weighted by molar-refractivity contribution is 7.86. The number of carbonyl (C=O) groups is 2. The van der Waals surface area contributed by atoms with E-state index in [4.69, 9.17) is 28.9 Å². The minimum Gasteiger partial charge on any atom is -0.397 e. The topological polar surface area (TPSA) is 340 Å². The molecule has 296 valence electrons. The van der Waals surface area contributed by atoms with Crippen molar-refractivity contribution in [3.05, 3.63) is 105 Å². The Morgan fingerprint density at radius 1 is 0.561 bits per heavy atom. The van der Waals surface area contributed by atoms with Crippen LogP contribution < -0.4 is 16.4 Å². The Morgan fingerprint density at radius 2 is 1.05 bits per heavy atom. The van der Waals surface area contributed by atoms with Crippen molar-refractivity contribution >= 4 is 116 Å². The number of nitrogens with zero attached hydrogens (tertiary/aromatic N) is 3. The predicted octanol–water partition coefficient (Wildman–Crippen LogP) is 4.18. The summed E-state index contributed by atoms with van der Waals surface area (Å²) in [6.07, 6.45) is 2.09. The van der Waals surface area contributed by atoms with Crippen LogP contribution in [0.2, 0.25) is 10.6 Å². The highest BCUT2D eigenvalue weighted by Crippen LogP contribution is 2.42. The summed E-state index contributed by atoms with van der Waals surface area (Å²) in [6, 6.07) is 9.90. The minimum absolute atomic E-state index is 0.0204. The van der Waals surface area contributed by atoms with Gasteiger partial charge in [-0.3, -0.25) is 27.8 Å². The second-order valence-corrected chi connectivity index (χ2v) is 17.8. The average molecular weight is 900 g/mol. The molecular weight excluding hydrogens is 880 g/mol. The molecule has 26 heteroatoms. The van der Waals surface area contributed by atoms with Crippen LogP contribution in [0.25, 0.3) is 12.2 Å². The highest BCUT2D eigenvalue weighted by Gasteiger charge is 2.39. The largest absolute Gasteiger partial charge is 0.397 e. The molecule has 0 radical (unpaired) electrons. The first kappa shape index (κ1) is 41.2. The van der Waals surface area contributed by atoms with Gasteiger partial charge in [-0.25, -0.2) is 0 Å². The highest BCUT2D eigenvalue weighted by atomic mass is 35.5. The molecule has 0 unspecified atom stereocenters. The first-order chi connectivity index (χ1) is 26.3. The summed E-state index contributed by atoms with van der Waals surface area (Å²) in [5.41, 5.74) is 0.733. The lowest BCUT2D eigenvalue weighted by molar-refractivity contribution is 0.0977. The SMILES string of the molecule is Nc1c(S(=O)(=O)O)cc(Nc2ccc(C=Cc3ccc(Nc4nc(Cl)nc(Cl)n4)cc3S(=O)(=O)O)c(S(=O)(=O)O)c2)c2c1C(=O)c1cccc(S(=O)(=O)O)c1C2=O. The van der Waals surface area contributed by atoms with E-state index in [2.05, 4.69) is 25.6 Å². The number of ketones is 2. The third-order valence-electron chi connectivity index (χ3n) is 7.98. The molecule has 1 heterocycles. The minimum atomic E-state index is -5.23. The molecule has 4 aromatic carbocycles. The second-order valence-electron chi connectivity index (χ2n) is 11.6. The molecule has 5 aromatic rings. The van der Waals surface area contributed by atoms with Crippen LogP contribution in [0, 0.1) is 0 Å². The average Bonchev–Trinajstić information content (AvgIpc) is 3.08. The van der Waals surface area contributed by atoms with E-state index in [1.807, 2.05) is 0 Å². The van der Waals surface area contributed by atoms with Crippen LogP contribution in [0.3, 0.4) is 0 Å². The van der Waals surface area contributed by atoms with Gasteiger partial charge in [-0.05, 0) is 70.7 Å². The summed E-state index contributed by atoms with van der Waals surface area (Å²) < 4.78 is 139. The first-order valence-corrected chi connectivity index (χ1v) is 21.5. The molecule has 8 N–H and O–H groups in total. The molecule has 0 spiro atoms. The van der Waals surface area contributed by atoms with Gasteiger partial charge in [0.25, 0.3) is 40.5 Å². The summed E-state index contributed by atoms with van der Waals surface area (Å²) in [4.78, 5) is 35.1. The fourth-order valence-corrected chi connectivity index (χ4v) is 8.82. The van der Waals surface area contributed by atoms with Gasteiger partial charge in [0, 0.05) is 16.9 Å². The number of rotatable bonds is 10.